The summed E-state index contributed by atoms with van der Waals surface area (Å²) in [5.41, 5.74) is 2.57. The van der Waals surface area contributed by atoms with E-state index in [9.17, 15) is 14.7 Å². The van der Waals surface area contributed by atoms with Crippen LogP contribution in [0, 0.1) is 0 Å². The van der Waals surface area contributed by atoms with Crippen LogP contribution >= 0.6 is 0 Å². The Kier molecular flexibility index (Phi) is 6.99. The lowest BCUT2D eigenvalue weighted by Gasteiger charge is -2.38. The summed E-state index contributed by atoms with van der Waals surface area (Å²) in [7, 11) is 2.06. The Morgan fingerprint density at radius 1 is 1.14 bits per heavy atom. The molecule has 2 fully saturated rings. The summed E-state index contributed by atoms with van der Waals surface area (Å²) in [5, 5.41) is 13.0. The van der Waals surface area contributed by atoms with Crippen molar-refractivity contribution in [3.8, 4) is 5.75 Å². The Labute approximate surface area is 205 Å². The zero-order chi connectivity index (χ0) is 24.4. The standard InChI is InChI=1S/C26H32N4O5/c1-29-8-10-30(11-9-29)25(33)15-19-14-21-20-13-18(28-24(32)12-17-4-6-27-7-5-17)2-3-22(20)35-26(21)23(16-31)34-19/h2-7,13,19,21,23,26,31H,8-12,14-16H2,1H3,(H,28,32)/t19-,21+,23+,26-/m1/s1. The second-order valence-corrected chi connectivity index (χ2v) is 9.62. The van der Waals surface area contributed by atoms with E-state index in [1.807, 2.05) is 35.2 Å². The third-order valence-corrected chi connectivity index (χ3v) is 7.16. The van der Waals surface area contributed by atoms with Crippen LogP contribution in [0.25, 0.3) is 0 Å². The van der Waals surface area contributed by atoms with E-state index >= 15 is 0 Å². The van der Waals surface area contributed by atoms with Gasteiger partial charge in [0.25, 0.3) is 0 Å². The highest BCUT2D eigenvalue weighted by molar-refractivity contribution is 5.92. The lowest BCUT2D eigenvalue weighted by molar-refractivity contribution is -0.150. The van der Waals surface area contributed by atoms with Crippen molar-refractivity contribution in [2.75, 3.05) is 45.2 Å². The molecule has 4 atom stereocenters. The Balaban J connectivity index is 1.26. The molecule has 0 bridgehead atoms. The molecule has 35 heavy (non-hydrogen) atoms. The van der Waals surface area contributed by atoms with Gasteiger partial charge >= 0.3 is 0 Å². The zero-order valence-corrected chi connectivity index (χ0v) is 19.9. The number of nitrogens with zero attached hydrogens (tertiary/aromatic N) is 3. The van der Waals surface area contributed by atoms with Crippen molar-refractivity contribution >= 4 is 17.5 Å². The normalized spacial score (nSPS) is 25.9. The SMILES string of the molecule is CN1CCN(C(=O)C[C@H]2C[C@H]3c4cc(NC(=O)Cc5ccncc5)ccc4O[C@H]3[C@H](CO)O2)CC1. The summed E-state index contributed by atoms with van der Waals surface area (Å²) in [4.78, 5) is 33.6. The number of rotatable bonds is 6. The number of benzene rings is 1. The molecule has 0 saturated carbocycles. The number of aromatic nitrogens is 1. The summed E-state index contributed by atoms with van der Waals surface area (Å²) >= 11 is 0. The molecule has 0 radical (unpaired) electrons. The van der Waals surface area contributed by atoms with Crippen LogP contribution in [0.15, 0.2) is 42.7 Å². The van der Waals surface area contributed by atoms with Crippen LogP contribution in [0.4, 0.5) is 5.69 Å². The number of anilines is 1. The monoisotopic (exact) mass is 480 g/mol. The molecule has 0 unspecified atom stereocenters. The van der Waals surface area contributed by atoms with Crippen LogP contribution < -0.4 is 10.1 Å². The molecule has 4 heterocycles. The highest BCUT2D eigenvalue weighted by Gasteiger charge is 2.46. The Morgan fingerprint density at radius 2 is 1.91 bits per heavy atom. The quantitative estimate of drug-likeness (QED) is 0.645. The average molecular weight is 481 g/mol. The molecule has 1 aromatic carbocycles. The summed E-state index contributed by atoms with van der Waals surface area (Å²) in [5.74, 6) is 0.704. The van der Waals surface area contributed by atoms with E-state index in [-0.39, 0.29) is 43.0 Å². The Morgan fingerprint density at radius 3 is 2.66 bits per heavy atom. The largest absolute Gasteiger partial charge is 0.487 e. The molecule has 2 saturated heterocycles. The van der Waals surface area contributed by atoms with Crippen LogP contribution in [-0.2, 0) is 20.7 Å². The first-order valence-electron chi connectivity index (χ1n) is 12.2. The van der Waals surface area contributed by atoms with E-state index in [4.69, 9.17) is 9.47 Å². The molecule has 9 nitrogen and oxygen atoms in total. The molecule has 0 aliphatic carbocycles. The van der Waals surface area contributed by atoms with Crippen molar-refractivity contribution in [1.82, 2.24) is 14.8 Å². The van der Waals surface area contributed by atoms with E-state index in [0.717, 1.165) is 43.1 Å². The van der Waals surface area contributed by atoms with Crippen molar-refractivity contribution < 1.29 is 24.2 Å². The topological polar surface area (TPSA) is 104 Å². The molecule has 3 aliphatic rings. The number of piperazine rings is 1. The maximum atomic E-state index is 12.9. The third-order valence-electron chi connectivity index (χ3n) is 7.16. The molecular formula is C26H32N4O5. The van der Waals surface area contributed by atoms with Gasteiger partial charge in [-0.3, -0.25) is 14.6 Å². The zero-order valence-electron chi connectivity index (χ0n) is 19.9. The number of hydrogen-bond acceptors (Lipinski definition) is 7. The van der Waals surface area contributed by atoms with Crippen LogP contribution in [0.2, 0.25) is 0 Å². The van der Waals surface area contributed by atoms with Gasteiger partial charge in [-0.05, 0) is 49.4 Å². The van der Waals surface area contributed by atoms with Gasteiger partial charge in [0.05, 0.1) is 25.6 Å². The summed E-state index contributed by atoms with van der Waals surface area (Å²) in [6.07, 6.45) is 3.41. The predicted molar refractivity (Wildman–Crippen MR) is 129 cm³/mol. The lowest BCUT2D eigenvalue weighted by atomic mass is 9.84. The molecule has 9 heteroatoms. The number of amides is 2. The van der Waals surface area contributed by atoms with Gasteiger partial charge in [0.2, 0.25) is 11.8 Å². The average Bonchev–Trinajstić information content (AvgIpc) is 3.22. The molecule has 2 N–H and O–H groups in total. The van der Waals surface area contributed by atoms with Gasteiger partial charge in [-0.25, -0.2) is 0 Å². The number of nitrogens with one attached hydrogen (secondary N) is 1. The smallest absolute Gasteiger partial charge is 0.228 e. The third kappa shape index (κ3) is 5.32. The van der Waals surface area contributed by atoms with Crippen LogP contribution in [0.3, 0.4) is 0 Å². The maximum Gasteiger partial charge on any atom is 0.228 e. The van der Waals surface area contributed by atoms with E-state index in [1.165, 1.54) is 0 Å². The maximum absolute atomic E-state index is 12.9. The number of fused-ring (bicyclic) bond motifs is 3. The first-order valence-corrected chi connectivity index (χ1v) is 12.2. The van der Waals surface area contributed by atoms with Gasteiger partial charge < -0.3 is 29.7 Å². The molecule has 3 aliphatic heterocycles. The number of carbonyl (C=O) groups is 2. The van der Waals surface area contributed by atoms with Gasteiger partial charge in [0.15, 0.2) is 0 Å². The van der Waals surface area contributed by atoms with Crippen molar-refractivity contribution in [1.29, 1.82) is 0 Å². The number of ether oxygens (including phenoxy) is 2. The number of hydrogen-bond donors (Lipinski definition) is 2. The van der Waals surface area contributed by atoms with Crippen molar-refractivity contribution in [3.05, 3.63) is 53.9 Å². The van der Waals surface area contributed by atoms with E-state index in [0.29, 0.717) is 18.5 Å². The molecule has 2 amide bonds. The van der Waals surface area contributed by atoms with E-state index in [1.54, 1.807) is 12.4 Å². The summed E-state index contributed by atoms with van der Waals surface area (Å²) < 4.78 is 12.3. The highest BCUT2D eigenvalue weighted by Crippen LogP contribution is 2.47. The molecule has 5 rings (SSSR count). The summed E-state index contributed by atoms with van der Waals surface area (Å²) in [6, 6.07) is 9.27. The number of likely N-dealkylation sites (N-methyl/N-ethyl adjacent to an activating group) is 1. The predicted octanol–water partition coefficient (Wildman–Crippen LogP) is 1.42. The second-order valence-electron chi connectivity index (χ2n) is 9.62. The van der Waals surface area contributed by atoms with Crippen LogP contribution in [0.1, 0.15) is 29.9 Å². The van der Waals surface area contributed by atoms with Gasteiger partial charge in [-0.1, -0.05) is 0 Å². The minimum atomic E-state index is -0.504. The molecule has 186 valence electrons. The Hall–Kier alpha value is -3.01. The number of pyridine rings is 1. The number of aliphatic hydroxyl groups is 1. The molecular weight excluding hydrogens is 448 g/mol. The first kappa shape index (κ1) is 23.7. The fourth-order valence-electron chi connectivity index (χ4n) is 5.24. The first-order chi connectivity index (χ1) is 17.0. The van der Waals surface area contributed by atoms with Crippen LogP contribution in [0.5, 0.6) is 5.75 Å². The van der Waals surface area contributed by atoms with E-state index in [2.05, 4.69) is 22.2 Å². The minimum Gasteiger partial charge on any atom is -0.487 e. The van der Waals surface area contributed by atoms with Gasteiger partial charge in [-0.15, -0.1) is 0 Å². The molecule has 1 aromatic heterocycles. The fourth-order valence-corrected chi connectivity index (χ4v) is 5.24. The summed E-state index contributed by atoms with van der Waals surface area (Å²) in [6.45, 7) is 3.03. The fraction of sp³-hybridized carbons (Fsp3) is 0.500. The molecule has 0 spiro atoms. The van der Waals surface area contributed by atoms with E-state index < -0.39 is 6.10 Å². The van der Waals surface area contributed by atoms with Gasteiger partial charge in [-0.2, -0.15) is 0 Å². The van der Waals surface area contributed by atoms with Crippen molar-refractivity contribution in [2.24, 2.45) is 0 Å². The highest BCUT2D eigenvalue weighted by atomic mass is 16.6. The minimum absolute atomic E-state index is 0.0155. The van der Waals surface area contributed by atoms with Gasteiger partial charge in [0.1, 0.15) is 18.0 Å². The van der Waals surface area contributed by atoms with Crippen molar-refractivity contribution in [2.45, 2.75) is 43.5 Å². The lowest BCUT2D eigenvalue weighted by Crippen LogP contribution is -2.50. The van der Waals surface area contributed by atoms with Crippen molar-refractivity contribution in [3.63, 3.8) is 0 Å². The van der Waals surface area contributed by atoms with Crippen LogP contribution in [-0.4, -0.2) is 89.9 Å². The Bertz CT molecular complexity index is 1060. The number of carbonyl (C=O) groups excluding carboxylic acids is 2. The number of aliphatic hydroxyl groups excluding tert-OH is 1. The van der Waals surface area contributed by atoms with Gasteiger partial charge in [0, 0.05) is 55.7 Å². The second kappa shape index (κ2) is 10.3. The molecule has 2 aromatic rings.